The molecule has 4 nitrogen and oxygen atoms in total. The number of thiazole rings is 1. The first-order chi connectivity index (χ1) is 9.34. The first-order valence-electron chi connectivity index (χ1n) is 5.65. The van der Waals surface area contributed by atoms with Gasteiger partial charge < -0.3 is 10.7 Å². The Hall–Kier alpha value is -2.09. The van der Waals surface area contributed by atoms with Crippen LogP contribution in [0.25, 0.3) is 21.7 Å². The van der Waals surface area contributed by atoms with E-state index in [1.165, 1.54) is 17.4 Å². The van der Waals surface area contributed by atoms with Crippen LogP contribution < -0.4 is 5.73 Å². The average Bonchev–Trinajstić information content (AvgIpc) is 2.89. The van der Waals surface area contributed by atoms with Crippen LogP contribution in [0.1, 0.15) is 11.3 Å². The molecular weight excluding hydrogens is 289 g/mol. The molecular formula is C12H9F3N4S. The van der Waals surface area contributed by atoms with Gasteiger partial charge in [0, 0.05) is 0 Å². The lowest BCUT2D eigenvalue weighted by atomic mass is 10.2. The van der Waals surface area contributed by atoms with Crippen LogP contribution >= 0.6 is 11.3 Å². The number of aromatic nitrogens is 3. The van der Waals surface area contributed by atoms with Gasteiger partial charge in [-0.3, -0.25) is 0 Å². The molecule has 0 aliphatic rings. The number of rotatable bonds is 1. The predicted molar refractivity (Wildman–Crippen MR) is 71.4 cm³/mol. The zero-order valence-electron chi connectivity index (χ0n) is 10.2. The summed E-state index contributed by atoms with van der Waals surface area (Å²) >= 11 is 1.24. The van der Waals surface area contributed by atoms with Gasteiger partial charge in [-0.1, -0.05) is 11.3 Å². The minimum atomic E-state index is -4.37. The Labute approximate surface area is 115 Å². The zero-order chi connectivity index (χ0) is 14.5. The van der Waals surface area contributed by atoms with Crippen LogP contribution in [-0.4, -0.2) is 15.0 Å². The Bertz CT molecular complexity index is 788. The number of aromatic amines is 1. The van der Waals surface area contributed by atoms with Gasteiger partial charge in [-0.15, -0.1) is 0 Å². The number of imidazole rings is 1. The molecule has 104 valence electrons. The minimum Gasteiger partial charge on any atom is -0.375 e. The highest BCUT2D eigenvalue weighted by Crippen LogP contribution is 2.33. The first kappa shape index (κ1) is 12.9. The fourth-order valence-corrected chi connectivity index (χ4v) is 2.71. The van der Waals surface area contributed by atoms with Gasteiger partial charge in [0.25, 0.3) is 0 Å². The largest absolute Gasteiger partial charge is 0.416 e. The fraction of sp³-hybridized carbons (Fsp3) is 0.167. The van der Waals surface area contributed by atoms with E-state index in [2.05, 4.69) is 15.0 Å². The van der Waals surface area contributed by atoms with Crippen molar-refractivity contribution >= 4 is 27.5 Å². The van der Waals surface area contributed by atoms with E-state index >= 15 is 0 Å². The predicted octanol–water partition coefficient (Wildman–Crippen LogP) is 3.60. The van der Waals surface area contributed by atoms with Gasteiger partial charge >= 0.3 is 6.18 Å². The van der Waals surface area contributed by atoms with Gasteiger partial charge in [0.05, 0.1) is 27.2 Å². The molecule has 2 heterocycles. The van der Waals surface area contributed by atoms with Crippen molar-refractivity contribution in [2.24, 2.45) is 0 Å². The van der Waals surface area contributed by atoms with Crippen LogP contribution in [0.5, 0.6) is 0 Å². The number of alkyl halides is 3. The highest BCUT2D eigenvalue weighted by atomic mass is 32.1. The maximum absolute atomic E-state index is 12.7. The van der Waals surface area contributed by atoms with Crippen molar-refractivity contribution in [3.05, 3.63) is 29.5 Å². The van der Waals surface area contributed by atoms with E-state index in [0.29, 0.717) is 27.7 Å². The van der Waals surface area contributed by atoms with Crippen LogP contribution in [-0.2, 0) is 6.18 Å². The number of benzene rings is 1. The van der Waals surface area contributed by atoms with Gasteiger partial charge in [-0.2, -0.15) is 13.2 Å². The molecule has 3 aromatic rings. The third-order valence-electron chi connectivity index (χ3n) is 2.84. The number of nitrogen functional groups attached to an aromatic ring is 1. The van der Waals surface area contributed by atoms with E-state index in [0.717, 1.165) is 17.0 Å². The number of hydrogen-bond donors (Lipinski definition) is 2. The fourth-order valence-electron chi connectivity index (χ4n) is 1.93. The Morgan fingerprint density at radius 1 is 1.25 bits per heavy atom. The van der Waals surface area contributed by atoms with Crippen molar-refractivity contribution in [1.82, 2.24) is 15.0 Å². The monoisotopic (exact) mass is 298 g/mol. The molecule has 1 aromatic carbocycles. The Balaban J connectivity index is 2.14. The molecule has 0 unspecified atom stereocenters. The van der Waals surface area contributed by atoms with Gasteiger partial charge in [0.1, 0.15) is 0 Å². The Morgan fingerprint density at radius 2 is 2.00 bits per heavy atom. The molecule has 0 atom stereocenters. The standard InChI is InChI=1S/C12H9F3N4S/c1-5-9(20-11(16)17-5)10-18-7-3-2-6(12(13,14)15)4-8(7)19-10/h2-4H,1H3,(H2,16,17)(H,18,19). The molecule has 2 aromatic heterocycles. The molecule has 0 radical (unpaired) electrons. The van der Waals surface area contributed by atoms with Crippen molar-refractivity contribution in [1.29, 1.82) is 0 Å². The van der Waals surface area contributed by atoms with E-state index in [9.17, 15) is 13.2 Å². The second-order valence-electron chi connectivity index (χ2n) is 4.28. The highest BCUT2D eigenvalue weighted by molar-refractivity contribution is 7.18. The van der Waals surface area contributed by atoms with Crippen LogP contribution in [0.15, 0.2) is 18.2 Å². The van der Waals surface area contributed by atoms with Crippen molar-refractivity contribution < 1.29 is 13.2 Å². The van der Waals surface area contributed by atoms with Gasteiger partial charge in [0.2, 0.25) is 0 Å². The summed E-state index contributed by atoms with van der Waals surface area (Å²) in [5.74, 6) is 0.478. The SMILES string of the molecule is Cc1nc(N)sc1-c1nc2ccc(C(F)(F)F)cc2[nH]1. The summed E-state index contributed by atoms with van der Waals surface area (Å²) in [4.78, 5) is 12.0. The second-order valence-corrected chi connectivity index (χ2v) is 5.31. The molecule has 0 amide bonds. The summed E-state index contributed by atoms with van der Waals surface area (Å²) in [5, 5.41) is 0.397. The third-order valence-corrected chi connectivity index (χ3v) is 3.83. The topological polar surface area (TPSA) is 67.6 Å². The number of aryl methyl sites for hydroxylation is 1. The summed E-state index contributed by atoms with van der Waals surface area (Å²) in [5.41, 5.74) is 6.40. The number of nitrogens with zero attached hydrogens (tertiary/aromatic N) is 2. The Kier molecular flexibility index (Phi) is 2.72. The summed E-state index contributed by atoms with van der Waals surface area (Å²) in [7, 11) is 0. The molecule has 0 bridgehead atoms. The molecule has 0 spiro atoms. The molecule has 3 rings (SSSR count). The van der Waals surface area contributed by atoms with E-state index in [4.69, 9.17) is 5.73 Å². The van der Waals surface area contributed by atoms with E-state index in [1.54, 1.807) is 6.92 Å². The second kappa shape index (κ2) is 4.20. The molecule has 0 aliphatic carbocycles. The molecule has 0 saturated carbocycles. The van der Waals surface area contributed by atoms with Crippen molar-refractivity contribution in [3.8, 4) is 10.7 Å². The average molecular weight is 298 g/mol. The number of fused-ring (bicyclic) bond motifs is 1. The van der Waals surface area contributed by atoms with Gasteiger partial charge in [-0.05, 0) is 25.1 Å². The van der Waals surface area contributed by atoms with Crippen molar-refractivity contribution in [2.45, 2.75) is 13.1 Å². The van der Waals surface area contributed by atoms with Crippen LogP contribution in [0, 0.1) is 6.92 Å². The lowest BCUT2D eigenvalue weighted by molar-refractivity contribution is -0.137. The number of hydrogen-bond acceptors (Lipinski definition) is 4. The maximum atomic E-state index is 12.7. The van der Waals surface area contributed by atoms with E-state index < -0.39 is 11.7 Å². The van der Waals surface area contributed by atoms with Gasteiger partial charge in [-0.25, -0.2) is 9.97 Å². The normalized spacial score (nSPS) is 12.2. The lowest BCUT2D eigenvalue weighted by Gasteiger charge is -2.05. The number of nitrogens with two attached hydrogens (primary N) is 1. The molecule has 8 heteroatoms. The van der Waals surface area contributed by atoms with Crippen molar-refractivity contribution in [2.75, 3.05) is 5.73 Å². The minimum absolute atomic E-state index is 0.334. The number of nitrogens with one attached hydrogen (secondary N) is 1. The van der Waals surface area contributed by atoms with E-state index in [-0.39, 0.29) is 0 Å². The molecule has 3 N–H and O–H groups in total. The lowest BCUT2D eigenvalue weighted by Crippen LogP contribution is -2.04. The number of anilines is 1. The van der Waals surface area contributed by atoms with Crippen LogP contribution in [0.4, 0.5) is 18.3 Å². The van der Waals surface area contributed by atoms with Gasteiger partial charge in [0.15, 0.2) is 11.0 Å². The molecule has 0 aliphatic heterocycles. The third kappa shape index (κ3) is 2.11. The van der Waals surface area contributed by atoms with Crippen LogP contribution in [0.2, 0.25) is 0 Å². The first-order valence-corrected chi connectivity index (χ1v) is 6.46. The zero-order valence-corrected chi connectivity index (χ0v) is 11.1. The van der Waals surface area contributed by atoms with E-state index in [1.807, 2.05) is 0 Å². The molecule has 0 saturated heterocycles. The summed E-state index contributed by atoms with van der Waals surface area (Å²) in [6, 6.07) is 3.41. The smallest absolute Gasteiger partial charge is 0.375 e. The summed E-state index contributed by atoms with van der Waals surface area (Å²) < 4.78 is 38.0. The molecule has 20 heavy (non-hydrogen) atoms. The molecule has 0 fully saturated rings. The maximum Gasteiger partial charge on any atom is 0.416 e. The van der Waals surface area contributed by atoms with Crippen molar-refractivity contribution in [3.63, 3.8) is 0 Å². The highest BCUT2D eigenvalue weighted by Gasteiger charge is 2.30. The summed E-state index contributed by atoms with van der Waals surface area (Å²) in [6.07, 6.45) is -4.37. The number of halogens is 3. The quantitative estimate of drug-likeness (QED) is 0.721. The summed E-state index contributed by atoms with van der Waals surface area (Å²) in [6.45, 7) is 1.77. The number of H-pyrrole nitrogens is 1. The van der Waals surface area contributed by atoms with Crippen LogP contribution in [0.3, 0.4) is 0 Å². The Morgan fingerprint density at radius 3 is 2.60 bits per heavy atom.